The molecule has 1 aliphatic carbocycles. The normalized spacial score (nSPS) is 22.9. The Hall–Kier alpha value is -1.55. The zero-order valence-electron chi connectivity index (χ0n) is 12.1. The Morgan fingerprint density at radius 2 is 2.15 bits per heavy atom. The zero-order chi connectivity index (χ0) is 14.1. The summed E-state index contributed by atoms with van der Waals surface area (Å²) >= 11 is 0. The molecule has 0 bridgehead atoms. The van der Waals surface area contributed by atoms with Crippen molar-refractivity contribution in [1.82, 2.24) is 10.2 Å². The second kappa shape index (κ2) is 5.44. The van der Waals surface area contributed by atoms with Gasteiger partial charge in [0.25, 0.3) is 0 Å². The second-order valence-electron chi connectivity index (χ2n) is 5.97. The van der Waals surface area contributed by atoms with Crippen LogP contribution in [0.15, 0.2) is 18.2 Å². The van der Waals surface area contributed by atoms with Crippen molar-refractivity contribution >= 4 is 11.6 Å². The van der Waals surface area contributed by atoms with Crippen LogP contribution in [0.5, 0.6) is 0 Å². The topological polar surface area (TPSA) is 58.4 Å². The van der Waals surface area contributed by atoms with Crippen LogP contribution >= 0.6 is 0 Å². The van der Waals surface area contributed by atoms with E-state index in [9.17, 15) is 4.79 Å². The van der Waals surface area contributed by atoms with E-state index in [4.69, 9.17) is 5.73 Å². The molecular formula is C16H23N3O. The van der Waals surface area contributed by atoms with Crippen LogP contribution in [0.3, 0.4) is 0 Å². The first-order valence-electron chi connectivity index (χ1n) is 7.58. The summed E-state index contributed by atoms with van der Waals surface area (Å²) in [5.41, 5.74) is 9.28. The summed E-state index contributed by atoms with van der Waals surface area (Å²) in [6.07, 6.45) is 4.38. The van der Waals surface area contributed by atoms with Crippen molar-refractivity contribution in [2.24, 2.45) is 0 Å². The fraction of sp³-hybridized carbons (Fsp3) is 0.562. The molecule has 1 fully saturated rings. The second-order valence-corrected chi connectivity index (χ2v) is 5.97. The van der Waals surface area contributed by atoms with Gasteiger partial charge in [0.05, 0.1) is 6.04 Å². The number of aryl methyl sites for hydroxylation is 1. The monoisotopic (exact) mass is 273 g/mol. The molecule has 1 heterocycles. The number of nitrogens with zero attached hydrogens (tertiary/aromatic N) is 1. The lowest BCUT2D eigenvalue weighted by molar-refractivity contribution is -0.132. The van der Waals surface area contributed by atoms with Gasteiger partial charge >= 0.3 is 0 Å². The molecule has 0 aromatic heterocycles. The number of nitrogens with one attached hydrogen (secondary N) is 1. The van der Waals surface area contributed by atoms with Gasteiger partial charge in [-0.2, -0.15) is 0 Å². The molecule has 20 heavy (non-hydrogen) atoms. The molecule has 2 unspecified atom stereocenters. The smallest absolute Gasteiger partial charge is 0.239 e. The van der Waals surface area contributed by atoms with Gasteiger partial charge in [0.1, 0.15) is 0 Å². The molecule has 1 aliphatic heterocycles. The maximum Gasteiger partial charge on any atom is 0.239 e. The maximum atomic E-state index is 12.3. The number of fused-ring (bicyclic) bond motifs is 1. The highest BCUT2D eigenvalue weighted by Gasteiger charge is 2.28. The van der Waals surface area contributed by atoms with E-state index in [1.54, 1.807) is 0 Å². The predicted octanol–water partition coefficient (Wildman–Crippen LogP) is 1.86. The Morgan fingerprint density at radius 3 is 2.90 bits per heavy atom. The molecule has 3 N–H and O–H groups in total. The number of hydrogen-bond acceptors (Lipinski definition) is 3. The minimum absolute atomic E-state index is 0.110. The van der Waals surface area contributed by atoms with E-state index < -0.39 is 0 Å². The first-order chi connectivity index (χ1) is 9.65. The quantitative estimate of drug-likeness (QED) is 0.826. The van der Waals surface area contributed by atoms with E-state index in [1.807, 2.05) is 17.9 Å². The fourth-order valence-corrected chi connectivity index (χ4v) is 3.40. The van der Waals surface area contributed by atoms with Crippen LogP contribution in [-0.4, -0.2) is 29.9 Å². The first kappa shape index (κ1) is 13.4. The maximum absolute atomic E-state index is 12.3. The lowest BCUT2D eigenvalue weighted by atomic mass is 10.1. The number of rotatable bonds is 3. The number of carbonyl (C=O) groups is 1. The van der Waals surface area contributed by atoms with Crippen LogP contribution in [0.4, 0.5) is 5.69 Å². The average Bonchev–Trinajstić information content (AvgIpc) is 3.07. The Kier molecular flexibility index (Phi) is 3.66. The van der Waals surface area contributed by atoms with Gasteiger partial charge in [-0.05, 0) is 55.9 Å². The highest BCUT2D eigenvalue weighted by Crippen LogP contribution is 2.32. The minimum atomic E-state index is -0.110. The zero-order valence-corrected chi connectivity index (χ0v) is 12.1. The van der Waals surface area contributed by atoms with Crippen LogP contribution in [0.1, 0.15) is 43.4 Å². The van der Waals surface area contributed by atoms with Gasteiger partial charge in [-0.1, -0.05) is 6.07 Å². The number of nitrogen functional groups attached to an aromatic ring is 1. The highest BCUT2D eigenvalue weighted by atomic mass is 16.2. The predicted molar refractivity (Wildman–Crippen MR) is 80.3 cm³/mol. The number of nitrogens with two attached hydrogens (primary N) is 1. The SMILES string of the molecule is CC(NC1CCc2cc(N)ccc21)C(=O)N1CCCC1. The summed E-state index contributed by atoms with van der Waals surface area (Å²) in [6.45, 7) is 3.82. The molecule has 4 nitrogen and oxygen atoms in total. The van der Waals surface area contributed by atoms with Crippen LogP contribution < -0.4 is 11.1 Å². The Morgan fingerprint density at radius 1 is 1.40 bits per heavy atom. The largest absolute Gasteiger partial charge is 0.399 e. The Labute approximate surface area is 120 Å². The molecule has 2 atom stereocenters. The van der Waals surface area contributed by atoms with E-state index in [2.05, 4.69) is 17.4 Å². The molecule has 3 rings (SSSR count). The summed E-state index contributed by atoms with van der Waals surface area (Å²) in [5.74, 6) is 0.242. The molecule has 0 spiro atoms. The number of amides is 1. The molecule has 1 aromatic carbocycles. The number of likely N-dealkylation sites (tertiary alicyclic amines) is 1. The standard InChI is InChI=1S/C16H23N3O/c1-11(16(20)19-8-2-3-9-19)18-15-7-4-12-10-13(17)5-6-14(12)15/h5-6,10-11,15,18H,2-4,7-9,17H2,1H3. The summed E-state index contributed by atoms with van der Waals surface area (Å²) in [7, 11) is 0. The van der Waals surface area contributed by atoms with Crippen LogP contribution in [0, 0.1) is 0 Å². The van der Waals surface area contributed by atoms with Gasteiger partial charge in [0.15, 0.2) is 0 Å². The molecular weight excluding hydrogens is 250 g/mol. The van der Waals surface area contributed by atoms with E-state index >= 15 is 0 Å². The van der Waals surface area contributed by atoms with Gasteiger partial charge in [-0.3, -0.25) is 10.1 Å². The third kappa shape index (κ3) is 2.52. The molecule has 1 saturated heterocycles. The van der Waals surface area contributed by atoms with Crippen LogP contribution in [-0.2, 0) is 11.2 Å². The lowest BCUT2D eigenvalue weighted by Gasteiger charge is -2.24. The molecule has 2 aliphatic rings. The first-order valence-corrected chi connectivity index (χ1v) is 7.58. The van der Waals surface area contributed by atoms with Gasteiger partial charge in [0.2, 0.25) is 5.91 Å². The number of anilines is 1. The van der Waals surface area contributed by atoms with E-state index in [-0.39, 0.29) is 18.0 Å². The Bertz CT molecular complexity index is 508. The lowest BCUT2D eigenvalue weighted by Crippen LogP contribution is -2.44. The van der Waals surface area contributed by atoms with Crippen molar-refractivity contribution in [3.63, 3.8) is 0 Å². The third-order valence-electron chi connectivity index (χ3n) is 4.48. The van der Waals surface area contributed by atoms with Crippen molar-refractivity contribution in [2.75, 3.05) is 18.8 Å². The van der Waals surface area contributed by atoms with Gasteiger partial charge in [-0.15, -0.1) is 0 Å². The van der Waals surface area contributed by atoms with Gasteiger partial charge in [0, 0.05) is 24.8 Å². The summed E-state index contributed by atoms with van der Waals surface area (Å²) in [6, 6.07) is 6.28. The average molecular weight is 273 g/mol. The summed E-state index contributed by atoms with van der Waals surface area (Å²) < 4.78 is 0. The third-order valence-corrected chi connectivity index (χ3v) is 4.48. The van der Waals surface area contributed by atoms with E-state index in [0.29, 0.717) is 0 Å². The van der Waals surface area contributed by atoms with E-state index in [1.165, 1.54) is 11.1 Å². The highest BCUT2D eigenvalue weighted by molar-refractivity contribution is 5.81. The van der Waals surface area contributed by atoms with Crippen molar-refractivity contribution in [1.29, 1.82) is 0 Å². The molecule has 0 radical (unpaired) electrons. The fourth-order valence-electron chi connectivity index (χ4n) is 3.40. The van der Waals surface area contributed by atoms with Crippen LogP contribution in [0.25, 0.3) is 0 Å². The Balaban J connectivity index is 1.66. The van der Waals surface area contributed by atoms with Gasteiger partial charge in [-0.25, -0.2) is 0 Å². The molecule has 1 amide bonds. The summed E-state index contributed by atoms with van der Waals surface area (Å²) in [4.78, 5) is 14.3. The number of carbonyl (C=O) groups excluding carboxylic acids is 1. The van der Waals surface area contributed by atoms with E-state index in [0.717, 1.165) is 44.5 Å². The minimum Gasteiger partial charge on any atom is -0.399 e. The molecule has 0 saturated carbocycles. The van der Waals surface area contributed by atoms with Crippen molar-refractivity contribution in [3.05, 3.63) is 29.3 Å². The number of hydrogen-bond donors (Lipinski definition) is 2. The molecule has 108 valence electrons. The van der Waals surface area contributed by atoms with Crippen LogP contribution in [0.2, 0.25) is 0 Å². The molecule has 4 heteroatoms. The number of benzene rings is 1. The van der Waals surface area contributed by atoms with Crippen molar-refractivity contribution in [3.8, 4) is 0 Å². The van der Waals surface area contributed by atoms with Crippen molar-refractivity contribution < 1.29 is 4.79 Å². The van der Waals surface area contributed by atoms with Crippen molar-refractivity contribution in [2.45, 2.75) is 44.7 Å². The molecule has 1 aromatic rings. The van der Waals surface area contributed by atoms with Gasteiger partial charge < -0.3 is 10.6 Å². The summed E-state index contributed by atoms with van der Waals surface area (Å²) in [5, 5.41) is 3.50.